The van der Waals surface area contributed by atoms with E-state index in [1.807, 2.05) is 0 Å². The highest BCUT2D eigenvalue weighted by Crippen LogP contribution is 2.08. The highest BCUT2D eigenvalue weighted by Gasteiger charge is 2.16. The molecule has 0 aliphatic carbocycles. The van der Waals surface area contributed by atoms with Crippen molar-refractivity contribution in [2.45, 2.75) is 20.0 Å². The van der Waals surface area contributed by atoms with Crippen molar-refractivity contribution in [2.75, 3.05) is 5.32 Å². The number of ketones is 1. The van der Waals surface area contributed by atoms with E-state index in [2.05, 4.69) is 5.32 Å². The topological polar surface area (TPSA) is 90.2 Å². The monoisotopic (exact) mass is 395 g/mol. The van der Waals surface area contributed by atoms with Crippen LogP contribution in [0.2, 0.25) is 0 Å². The van der Waals surface area contributed by atoms with E-state index < -0.39 is 35.3 Å². The van der Waals surface area contributed by atoms with Crippen LogP contribution in [0, 0.1) is 5.82 Å². The van der Waals surface area contributed by atoms with E-state index in [0.717, 1.165) is 15.3 Å². The zero-order valence-electron chi connectivity index (χ0n) is 15.6. The van der Waals surface area contributed by atoms with Gasteiger partial charge in [-0.25, -0.2) is 9.18 Å². The van der Waals surface area contributed by atoms with Gasteiger partial charge in [-0.1, -0.05) is 30.3 Å². The van der Waals surface area contributed by atoms with Crippen LogP contribution in [0.1, 0.15) is 22.8 Å². The Bertz CT molecular complexity index is 1170. The van der Waals surface area contributed by atoms with Gasteiger partial charge < -0.3 is 5.32 Å². The number of nitrogens with one attached hydrogen (secondary N) is 1. The van der Waals surface area contributed by atoms with Gasteiger partial charge >= 0.3 is 5.69 Å². The first kappa shape index (κ1) is 19.9. The normalized spacial score (nSPS) is 10.6. The van der Waals surface area contributed by atoms with Crippen molar-refractivity contribution < 1.29 is 14.0 Å². The molecule has 7 nitrogen and oxygen atoms in total. The molecule has 0 bridgehead atoms. The number of rotatable bonds is 6. The predicted molar refractivity (Wildman–Crippen MR) is 106 cm³/mol. The minimum absolute atomic E-state index is 0.0286. The summed E-state index contributed by atoms with van der Waals surface area (Å²) in [5.74, 6) is -1.51. The fourth-order valence-electron chi connectivity index (χ4n) is 2.80. The van der Waals surface area contributed by atoms with Crippen LogP contribution in [-0.4, -0.2) is 20.8 Å². The summed E-state index contributed by atoms with van der Waals surface area (Å²) in [6.07, 6.45) is 1.10. The molecule has 3 aromatic rings. The fourth-order valence-corrected chi connectivity index (χ4v) is 2.80. The molecule has 0 aliphatic heterocycles. The molecule has 0 aliphatic rings. The minimum atomic E-state index is -0.710. The molecule has 1 amide bonds. The predicted octanol–water partition coefficient (Wildman–Crippen LogP) is 2.04. The third-order valence-corrected chi connectivity index (χ3v) is 4.24. The number of halogens is 1. The summed E-state index contributed by atoms with van der Waals surface area (Å²) in [5, 5.41) is 2.54. The lowest BCUT2D eigenvalue weighted by Gasteiger charge is -2.12. The molecular formula is C21H18FN3O4. The van der Waals surface area contributed by atoms with E-state index in [-0.39, 0.29) is 12.1 Å². The van der Waals surface area contributed by atoms with Gasteiger partial charge in [-0.2, -0.15) is 0 Å². The molecular weight excluding hydrogens is 377 g/mol. The highest BCUT2D eigenvalue weighted by molar-refractivity contribution is 5.93. The average molecular weight is 395 g/mol. The number of carbonyl (C=O) groups excluding carboxylic acids is 2. The molecule has 8 heteroatoms. The Kier molecular flexibility index (Phi) is 5.82. The van der Waals surface area contributed by atoms with Gasteiger partial charge in [-0.15, -0.1) is 0 Å². The van der Waals surface area contributed by atoms with Crippen molar-refractivity contribution in [3.8, 4) is 0 Å². The lowest BCUT2D eigenvalue weighted by atomic mass is 10.2. The van der Waals surface area contributed by atoms with Gasteiger partial charge in [-0.3, -0.25) is 23.5 Å². The first-order valence-corrected chi connectivity index (χ1v) is 8.79. The van der Waals surface area contributed by atoms with Gasteiger partial charge in [0.25, 0.3) is 5.56 Å². The van der Waals surface area contributed by atoms with E-state index in [4.69, 9.17) is 0 Å². The number of Topliss-reactive ketones (excluding diaryl/α,β-unsaturated/α-hetero) is 1. The van der Waals surface area contributed by atoms with E-state index in [9.17, 15) is 23.6 Å². The minimum Gasteiger partial charge on any atom is -0.325 e. The van der Waals surface area contributed by atoms with Gasteiger partial charge in [0.2, 0.25) is 5.91 Å². The maximum absolute atomic E-state index is 13.0. The molecule has 0 radical (unpaired) electrons. The van der Waals surface area contributed by atoms with E-state index >= 15 is 0 Å². The summed E-state index contributed by atoms with van der Waals surface area (Å²) in [6.45, 7) is 0.780. The summed E-state index contributed by atoms with van der Waals surface area (Å²) in [6, 6.07) is 14.0. The summed E-state index contributed by atoms with van der Waals surface area (Å²) >= 11 is 0. The Morgan fingerprint density at radius 2 is 1.66 bits per heavy atom. The van der Waals surface area contributed by atoms with Crippen molar-refractivity contribution in [1.29, 1.82) is 0 Å². The van der Waals surface area contributed by atoms with Gasteiger partial charge in [0, 0.05) is 11.9 Å². The summed E-state index contributed by atoms with van der Waals surface area (Å²) in [4.78, 5) is 49.6. The average Bonchev–Trinajstić information content (AvgIpc) is 2.69. The van der Waals surface area contributed by atoms with E-state index in [0.29, 0.717) is 11.3 Å². The van der Waals surface area contributed by atoms with Crippen LogP contribution in [0.5, 0.6) is 0 Å². The molecule has 0 spiro atoms. The number of aromatic nitrogens is 2. The molecule has 29 heavy (non-hydrogen) atoms. The number of hydrogen-bond acceptors (Lipinski definition) is 4. The Morgan fingerprint density at radius 1 is 1.00 bits per heavy atom. The van der Waals surface area contributed by atoms with E-state index in [1.165, 1.54) is 31.2 Å². The second-order valence-corrected chi connectivity index (χ2v) is 6.44. The van der Waals surface area contributed by atoms with Crippen molar-refractivity contribution in [3.05, 3.63) is 98.6 Å². The molecule has 0 saturated carbocycles. The number of nitrogens with zero attached hydrogens (tertiary/aromatic N) is 2. The lowest BCUT2D eigenvalue weighted by Crippen LogP contribution is -2.43. The largest absolute Gasteiger partial charge is 0.331 e. The lowest BCUT2D eigenvalue weighted by molar-refractivity contribution is -0.116. The molecule has 3 rings (SSSR count). The van der Waals surface area contributed by atoms with Crippen LogP contribution in [0.4, 0.5) is 10.1 Å². The van der Waals surface area contributed by atoms with Crippen molar-refractivity contribution >= 4 is 17.4 Å². The standard InChI is InChI=1S/C21H18FN3O4/c1-14(26)18-12-24(13-19(27)23-17-9-7-16(22)8-10-17)21(29)25(20(18)28)11-15-5-3-2-4-6-15/h2-10,12H,11,13H2,1H3,(H,23,27). The number of amides is 1. The van der Waals surface area contributed by atoms with Crippen LogP contribution in [0.15, 0.2) is 70.4 Å². The molecule has 148 valence electrons. The molecule has 0 atom stereocenters. The Balaban J connectivity index is 1.94. The Hall–Kier alpha value is -3.81. The zero-order chi connectivity index (χ0) is 21.0. The zero-order valence-corrected chi connectivity index (χ0v) is 15.6. The van der Waals surface area contributed by atoms with Gasteiger partial charge in [0.1, 0.15) is 12.4 Å². The number of benzene rings is 2. The second kappa shape index (κ2) is 8.47. The SMILES string of the molecule is CC(=O)c1cn(CC(=O)Nc2ccc(F)cc2)c(=O)n(Cc2ccccc2)c1=O. The maximum Gasteiger partial charge on any atom is 0.331 e. The quantitative estimate of drug-likeness (QED) is 0.647. The first-order chi connectivity index (χ1) is 13.8. The van der Waals surface area contributed by atoms with Crippen LogP contribution in [0.3, 0.4) is 0 Å². The Labute approximate surface area is 165 Å². The number of carbonyl (C=O) groups is 2. The first-order valence-electron chi connectivity index (χ1n) is 8.79. The summed E-state index contributed by atoms with van der Waals surface area (Å²) in [5.41, 5.74) is -0.543. The fraction of sp³-hybridized carbons (Fsp3) is 0.143. The van der Waals surface area contributed by atoms with Crippen molar-refractivity contribution in [3.63, 3.8) is 0 Å². The second-order valence-electron chi connectivity index (χ2n) is 6.44. The van der Waals surface area contributed by atoms with Gasteiger partial charge in [0.05, 0.1) is 12.1 Å². The maximum atomic E-state index is 13.0. The Morgan fingerprint density at radius 3 is 2.28 bits per heavy atom. The summed E-state index contributed by atoms with van der Waals surface area (Å²) < 4.78 is 14.9. The van der Waals surface area contributed by atoms with Gasteiger partial charge in [0.15, 0.2) is 5.78 Å². The van der Waals surface area contributed by atoms with Crippen LogP contribution < -0.4 is 16.6 Å². The third-order valence-electron chi connectivity index (χ3n) is 4.24. The van der Waals surface area contributed by atoms with Crippen LogP contribution >= 0.6 is 0 Å². The molecule has 1 aromatic heterocycles. The van der Waals surface area contributed by atoms with Crippen molar-refractivity contribution in [2.24, 2.45) is 0 Å². The molecule has 0 unspecified atom stereocenters. The number of anilines is 1. The molecule has 2 aromatic carbocycles. The molecule has 0 fully saturated rings. The smallest absolute Gasteiger partial charge is 0.325 e. The highest BCUT2D eigenvalue weighted by atomic mass is 19.1. The van der Waals surface area contributed by atoms with E-state index in [1.54, 1.807) is 30.3 Å². The van der Waals surface area contributed by atoms with Crippen molar-refractivity contribution in [1.82, 2.24) is 9.13 Å². The number of hydrogen-bond donors (Lipinski definition) is 1. The van der Waals surface area contributed by atoms with Gasteiger partial charge in [-0.05, 0) is 36.8 Å². The molecule has 1 N–H and O–H groups in total. The molecule has 1 heterocycles. The molecule has 0 saturated heterocycles. The van der Waals surface area contributed by atoms with Crippen LogP contribution in [0.25, 0.3) is 0 Å². The third kappa shape index (κ3) is 4.73. The van der Waals surface area contributed by atoms with Crippen LogP contribution in [-0.2, 0) is 17.9 Å². The summed E-state index contributed by atoms with van der Waals surface area (Å²) in [7, 11) is 0.